The van der Waals surface area contributed by atoms with E-state index in [1.165, 1.54) is 0 Å². The lowest BCUT2D eigenvalue weighted by atomic mass is 9.99. The van der Waals surface area contributed by atoms with E-state index in [1.54, 1.807) is 14.2 Å². The number of likely N-dealkylation sites (tertiary alicyclic amines) is 1. The average molecular weight is 228 g/mol. The highest BCUT2D eigenvalue weighted by Gasteiger charge is 2.63. The maximum atomic E-state index is 5.98. The van der Waals surface area contributed by atoms with Crippen LogP contribution in [-0.4, -0.2) is 56.1 Å². The van der Waals surface area contributed by atoms with Gasteiger partial charge in [0.15, 0.2) is 0 Å². The van der Waals surface area contributed by atoms with Gasteiger partial charge in [-0.2, -0.15) is 0 Å². The number of nitrogens with zero attached hydrogens (tertiary/aromatic N) is 1. The van der Waals surface area contributed by atoms with Gasteiger partial charge < -0.3 is 24.8 Å². The van der Waals surface area contributed by atoms with Crippen LogP contribution < -0.4 is 5.73 Å². The van der Waals surface area contributed by atoms with Crippen LogP contribution in [0.4, 0.5) is 0 Å². The molecule has 0 aromatic carbocycles. The minimum Gasteiger partial charge on any atom is -0.386 e. The summed E-state index contributed by atoms with van der Waals surface area (Å²) in [5, 5.41) is 0. The highest BCUT2D eigenvalue weighted by atomic mass is 16.6. The van der Waals surface area contributed by atoms with Crippen molar-refractivity contribution >= 4 is 0 Å². The number of rotatable bonds is 4. The standard InChI is InChI=1S/C11H20N2O3/c1-7-9-10(15-4)11(16-7,6-14-3)5-13(9)8(2)12/h7,9-10H,2,5-6,12H2,1,3-4H3/t7-,9?,10?,11+/m0/s1. The van der Waals surface area contributed by atoms with E-state index < -0.39 is 5.60 Å². The van der Waals surface area contributed by atoms with Crippen LogP contribution in [0.1, 0.15) is 6.92 Å². The molecule has 5 nitrogen and oxygen atoms in total. The van der Waals surface area contributed by atoms with Crippen LogP contribution in [-0.2, 0) is 14.2 Å². The molecule has 2 rings (SSSR count). The van der Waals surface area contributed by atoms with E-state index in [0.29, 0.717) is 19.0 Å². The second kappa shape index (κ2) is 3.91. The summed E-state index contributed by atoms with van der Waals surface area (Å²) >= 11 is 0. The Kier molecular flexibility index (Phi) is 2.86. The summed E-state index contributed by atoms with van der Waals surface area (Å²) in [6.45, 7) is 7.03. The Morgan fingerprint density at radius 3 is 2.81 bits per heavy atom. The highest BCUT2D eigenvalue weighted by molar-refractivity contribution is 5.18. The smallest absolute Gasteiger partial charge is 0.137 e. The van der Waals surface area contributed by atoms with Gasteiger partial charge in [-0.05, 0) is 6.92 Å². The first-order chi connectivity index (χ1) is 7.55. The third kappa shape index (κ3) is 1.43. The van der Waals surface area contributed by atoms with Crippen molar-refractivity contribution < 1.29 is 14.2 Å². The number of hydrogen-bond donors (Lipinski definition) is 1. The van der Waals surface area contributed by atoms with Gasteiger partial charge in [-0.3, -0.25) is 0 Å². The Morgan fingerprint density at radius 1 is 1.62 bits per heavy atom. The molecule has 16 heavy (non-hydrogen) atoms. The molecule has 2 unspecified atom stereocenters. The molecular weight excluding hydrogens is 208 g/mol. The number of nitrogens with two attached hydrogens (primary N) is 1. The maximum Gasteiger partial charge on any atom is 0.137 e. The van der Waals surface area contributed by atoms with Crippen LogP contribution in [0.2, 0.25) is 0 Å². The third-order valence-corrected chi connectivity index (χ3v) is 3.54. The zero-order valence-corrected chi connectivity index (χ0v) is 10.1. The summed E-state index contributed by atoms with van der Waals surface area (Å²) in [5.41, 5.74) is 5.39. The van der Waals surface area contributed by atoms with E-state index in [-0.39, 0.29) is 18.2 Å². The number of fused-ring (bicyclic) bond motifs is 2. The van der Waals surface area contributed by atoms with Crippen LogP contribution in [0.3, 0.4) is 0 Å². The van der Waals surface area contributed by atoms with E-state index in [9.17, 15) is 0 Å². The lowest BCUT2D eigenvalue weighted by molar-refractivity contribution is -0.131. The van der Waals surface area contributed by atoms with Crippen molar-refractivity contribution in [2.75, 3.05) is 27.4 Å². The minimum atomic E-state index is -0.407. The highest BCUT2D eigenvalue weighted by Crippen LogP contribution is 2.44. The average Bonchev–Trinajstić information content (AvgIpc) is 2.65. The van der Waals surface area contributed by atoms with Crippen molar-refractivity contribution in [3.8, 4) is 0 Å². The molecule has 2 aliphatic heterocycles. The van der Waals surface area contributed by atoms with Crippen LogP contribution >= 0.6 is 0 Å². The van der Waals surface area contributed by atoms with Crippen molar-refractivity contribution in [1.82, 2.24) is 4.90 Å². The molecule has 92 valence electrons. The Bertz CT molecular complexity index is 297. The normalized spacial score (nSPS) is 41.7. The number of hydrogen-bond acceptors (Lipinski definition) is 5. The van der Waals surface area contributed by atoms with Gasteiger partial charge in [0.2, 0.25) is 0 Å². The van der Waals surface area contributed by atoms with Crippen LogP contribution in [0.15, 0.2) is 12.4 Å². The molecule has 2 N–H and O–H groups in total. The predicted octanol–water partition coefficient (Wildman–Crippen LogP) is -0.0806. The van der Waals surface area contributed by atoms with Crippen molar-refractivity contribution in [1.29, 1.82) is 0 Å². The van der Waals surface area contributed by atoms with E-state index >= 15 is 0 Å². The molecular formula is C11H20N2O3. The molecule has 4 atom stereocenters. The molecule has 2 aliphatic rings. The first-order valence-electron chi connectivity index (χ1n) is 5.46. The molecule has 0 saturated carbocycles. The summed E-state index contributed by atoms with van der Waals surface area (Å²) in [4.78, 5) is 2.06. The minimum absolute atomic E-state index is 0.0113. The van der Waals surface area contributed by atoms with E-state index in [4.69, 9.17) is 19.9 Å². The van der Waals surface area contributed by atoms with Crippen molar-refractivity contribution in [3.05, 3.63) is 12.4 Å². The summed E-state index contributed by atoms with van der Waals surface area (Å²) < 4.78 is 16.8. The van der Waals surface area contributed by atoms with Crippen LogP contribution in [0.25, 0.3) is 0 Å². The topological polar surface area (TPSA) is 57.0 Å². The number of methoxy groups -OCH3 is 2. The Hall–Kier alpha value is -0.780. The molecule has 5 heteroatoms. The fourth-order valence-corrected chi connectivity index (χ4v) is 3.06. The number of morpholine rings is 1. The fraction of sp³-hybridized carbons (Fsp3) is 0.818. The Labute approximate surface area is 96.1 Å². The molecule has 2 saturated heterocycles. The second-order valence-electron chi connectivity index (χ2n) is 4.59. The van der Waals surface area contributed by atoms with Gasteiger partial charge in [0, 0.05) is 14.2 Å². The molecule has 0 radical (unpaired) electrons. The van der Waals surface area contributed by atoms with Gasteiger partial charge in [-0.25, -0.2) is 0 Å². The molecule has 2 fully saturated rings. The number of ether oxygens (including phenoxy) is 3. The zero-order valence-electron chi connectivity index (χ0n) is 10.1. The van der Waals surface area contributed by atoms with Crippen molar-refractivity contribution in [2.45, 2.75) is 30.8 Å². The summed E-state index contributed by atoms with van der Waals surface area (Å²) in [7, 11) is 3.37. The van der Waals surface area contributed by atoms with Crippen molar-refractivity contribution in [3.63, 3.8) is 0 Å². The first kappa shape index (κ1) is 11.7. The molecule has 2 heterocycles. The molecule has 0 spiro atoms. The van der Waals surface area contributed by atoms with Crippen LogP contribution in [0, 0.1) is 0 Å². The molecule has 0 aliphatic carbocycles. The summed E-state index contributed by atoms with van der Waals surface area (Å²) in [5.74, 6) is 0.570. The monoisotopic (exact) mass is 228 g/mol. The van der Waals surface area contributed by atoms with Crippen LogP contribution in [0.5, 0.6) is 0 Å². The zero-order chi connectivity index (χ0) is 11.9. The van der Waals surface area contributed by atoms with E-state index in [1.807, 2.05) is 6.92 Å². The van der Waals surface area contributed by atoms with Gasteiger partial charge in [0.1, 0.15) is 11.7 Å². The largest absolute Gasteiger partial charge is 0.386 e. The summed E-state index contributed by atoms with van der Waals surface area (Å²) in [6.07, 6.45) is 0.0666. The Morgan fingerprint density at radius 2 is 2.31 bits per heavy atom. The van der Waals surface area contributed by atoms with Gasteiger partial charge in [0.25, 0.3) is 0 Å². The lowest BCUT2D eigenvalue weighted by Crippen LogP contribution is -2.49. The SMILES string of the molecule is C=C(N)N1C[C@]2(COC)O[C@@H](C)C1C2OC. The Balaban J connectivity index is 2.29. The molecule has 0 aromatic heterocycles. The lowest BCUT2D eigenvalue weighted by Gasteiger charge is -2.36. The first-order valence-corrected chi connectivity index (χ1v) is 5.46. The van der Waals surface area contributed by atoms with Gasteiger partial charge in [0.05, 0.1) is 31.1 Å². The second-order valence-corrected chi connectivity index (χ2v) is 4.59. The summed E-state index contributed by atoms with van der Waals surface area (Å²) in [6, 6.07) is 0.137. The fourth-order valence-electron chi connectivity index (χ4n) is 3.06. The molecule has 2 bridgehead atoms. The predicted molar refractivity (Wildman–Crippen MR) is 59.8 cm³/mol. The maximum absolute atomic E-state index is 5.98. The van der Waals surface area contributed by atoms with E-state index in [2.05, 4.69) is 11.5 Å². The van der Waals surface area contributed by atoms with Gasteiger partial charge >= 0.3 is 0 Å². The van der Waals surface area contributed by atoms with E-state index in [0.717, 1.165) is 0 Å². The molecule has 0 amide bonds. The van der Waals surface area contributed by atoms with Gasteiger partial charge in [-0.1, -0.05) is 6.58 Å². The third-order valence-electron chi connectivity index (χ3n) is 3.54. The van der Waals surface area contributed by atoms with Gasteiger partial charge in [-0.15, -0.1) is 0 Å². The van der Waals surface area contributed by atoms with Crippen molar-refractivity contribution in [2.24, 2.45) is 5.73 Å². The molecule has 0 aromatic rings. The quantitative estimate of drug-likeness (QED) is 0.729.